The van der Waals surface area contributed by atoms with E-state index in [0.29, 0.717) is 17.7 Å². The minimum absolute atomic E-state index is 0.0139. The van der Waals surface area contributed by atoms with E-state index in [0.717, 1.165) is 26.0 Å². The lowest BCUT2D eigenvalue weighted by molar-refractivity contribution is -0.0314. The van der Waals surface area contributed by atoms with Gasteiger partial charge in [0.25, 0.3) is 0 Å². The van der Waals surface area contributed by atoms with Crippen LogP contribution in [0, 0.1) is 5.41 Å². The molecule has 0 aliphatic carbocycles. The molecule has 3 aliphatic rings. The summed E-state index contributed by atoms with van der Waals surface area (Å²) in [5, 5.41) is 0. The average molecular weight is 482 g/mol. The van der Waals surface area contributed by atoms with E-state index in [9.17, 15) is 0 Å². The van der Waals surface area contributed by atoms with Gasteiger partial charge in [-0.2, -0.15) is 0 Å². The van der Waals surface area contributed by atoms with Crippen LogP contribution in [0.5, 0.6) is 0 Å². The van der Waals surface area contributed by atoms with Gasteiger partial charge in [-0.05, 0) is 72.8 Å². The topological polar surface area (TPSA) is 55.4 Å². The van der Waals surface area contributed by atoms with Crippen molar-refractivity contribution in [2.45, 2.75) is 144 Å². The maximum absolute atomic E-state index is 5.78. The molecule has 198 valence electrons. The fourth-order valence-corrected chi connectivity index (χ4v) is 3.87. The molecule has 0 aromatic carbocycles. The van der Waals surface area contributed by atoms with E-state index in [4.69, 9.17) is 27.9 Å². The predicted molar refractivity (Wildman–Crippen MR) is 144 cm³/mol. The van der Waals surface area contributed by atoms with Gasteiger partial charge in [-0.3, -0.25) is 0 Å². The van der Waals surface area contributed by atoms with Crippen LogP contribution in [0.15, 0.2) is 0 Å². The highest BCUT2D eigenvalue weighted by atomic mass is 16.7. The van der Waals surface area contributed by atoms with E-state index in [1.54, 1.807) is 0 Å². The minimum atomic E-state index is -0.159. The van der Waals surface area contributed by atoms with Crippen LogP contribution >= 0.6 is 0 Å². The second-order valence-corrected chi connectivity index (χ2v) is 13.1. The average Bonchev–Trinajstić information content (AvgIpc) is 2.87. The Morgan fingerprint density at radius 3 is 1.50 bits per heavy atom. The number of hydrogen-bond acceptors (Lipinski definition) is 6. The van der Waals surface area contributed by atoms with Gasteiger partial charge in [-0.15, -0.1) is 0 Å². The van der Waals surface area contributed by atoms with Gasteiger partial charge < -0.3 is 27.9 Å². The lowest BCUT2D eigenvalue weighted by Gasteiger charge is -2.39. The van der Waals surface area contributed by atoms with E-state index in [-0.39, 0.29) is 43.6 Å². The van der Waals surface area contributed by atoms with E-state index in [1.165, 1.54) is 0 Å². The van der Waals surface area contributed by atoms with E-state index in [1.807, 2.05) is 0 Å². The fraction of sp³-hybridized carbons (Fsp3) is 1.00. The third kappa shape index (κ3) is 10.1. The summed E-state index contributed by atoms with van der Waals surface area (Å²) in [5.41, 5.74) is -0.140. The lowest BCUT2D eigenvalue weighted by atomic mass is 9.71. The Kier molecular flexibility index (Phi) is 11.7. The normalized spacial score (nSPS) is 27.2. The van der Waals surface area contributed by atoms with Crippen LogP contribution in [0.25, 0.3) is 0 Å². The molecule has 1 atom stereocenters. The van der Waals surface area contributed by atoms with Crippen LogP contribution < -0.4 is 0 Å². The van der Waals surface area contributed by atoms with Gasteiger partial charge in [-0.1, -0.05) is 48.5 Å². The van der Waals surface area contributed by atoms with Gasteiger partial charge in [0.05, 0.1) is 16.8 Å². The zero-order valence-electron chi connectivity index (χ0n) is 24.7. The van der Waals surface area contributed by atoms with Gasteiger partial charge in [0.1, 0.15) is 0 Å². The summed E-state index contributed by atoms with van der Waals surface area (Å²) in [6.45, 7) is 31.1. The Balaban J connectivity index is 0.000000255. The number of rotatable bonds is 3. The highest BCUT2D eigenvalue weighted by molar-refractivity contribution is 6.46. The molecule has 0 bridgehead atoms. The first kappa shape index (κ1) is 32.0. The molecular weight excluding hydrogens is 429 g/mol. The maximum atomic E-state index is 5.78. The monoisotopic (exact) mass is 482 g/mol. The molecule has 34 heavy (non-hydrogen) atoms. The van der Waals surface area contributed by atoms with Crippen LogP contribution in [0.1, 0.15) is 103 Å². The molecule has 1 unspecified atom stereocenters. The second-order valence-electron chi connectivity index (χ2n) is 13.1. The van der Waals surface area contributed by atoms with Crippen molar-refractivity contribution < 1.29 is 27.9 Å². The largest absolute Gasteiger partial charge is 0.460 e. The summed E-state index contributed by atoms with van der Waals surface area (Å²) in [4.78, 5) is 0. The smallest absolute Gasteiger partial charge is 0.410 e. The Hall–Kier alpha value is -0.0452. The molecule has 0 radical (unpaired) electrons. The summed E-state index contributed by atoms with van der Waals surface area (Å²) in [5.74, 6) is 0.901. The third-order valence-corrected chi connectivity index (χ3v) is 6.58. The second kappa shape index (κ2) is 12.5. The quantitative estimate of drug-likeness (QED) is 0.426. The first-order chi connectivity index (χ1) is 15.3. The van der Waals surface area contributed by atoms with Crippen LogP contribution in [-0.4, -0.2) is 57.5 Å². The highest BCUT2D eigenvalue weighted by Crippen LogP contribution is 2.37. The lowest BCUT2D eigenvalue weighted by Crippen LogP contribution is -2.47. The molecule has 0 saturated carbocycles. The minimum Gasteiger partial charge on any atom is -0.410 e. The van der Waals surface area contributed by atoms with Crippen molar-refractivity contribution in [1.29, 1.82) is 0 Å². The first-order valence-corrected chi connectivity index (χ1v) is 13.2. The molecule has 0 aromatic heterocycles. The zero-order chi connectivity index (χ0) is 26.5. The molecule has 0 amide bonds. The van der Waals surface area contributed by atoms with Crippen LogP contribution in [0.3, 0.4) is 0 Å². The number of hydrogen-bond donors (Lipinski definition) is 0. The highest BCUT2D eigenvalue weighted by Gasteiger charge is 2.50. The molecular formula is C25H53B3O6. The summed E-state index contributed by atoms with van der Waals surface area (Å²) >= 11 is 0. The molecule has 6 nitrogen and oxygen atoms in total. The van der Waals surface area contributed by atoms with Crippen molar-refractivity contribution >= 4 is 21.4 Å². The van der Waals surface area contributed by atoms with Gasteiger partial charge in [-0.25, -0.2) is 0 Å². The molecule has 0 N–H and O–H groups in total. The summed E-state index contributed by atoms with van der Waals surface area (Å²) in [7, 11) is -0.0215. The SMILES string of the molecule is CC(C)B1OCC(C)(C)CO1.CC1CC(C)(C)OB(C(C)C)O1.CCB1OC(C)(C)C(C)(C)O1. The van der Waals surface area contributed by atoms with Crippen LogP contribution in [0.4, 0.5) is 0 Å². The first-order valence-electron chi connectivity index (χ1n) is 13.2. The van der Waals surface area contributed by atoms with Gasteiger partial charge in [0, 0.05) is 24.7 Å². The zero-order valence-corrected chi connectivity index (χ0v) is 24.7. The maximum Gasteiger partial charge on any atom is 0.460 e. The molecule has 0 aromatic rings. The molecule has 3 fully saturated rings. The Morgan fingerprint density at radius 1 is 0.735 bits per heavy atom. The van der Waals surface area contributed by atoms with Crippen molar-refractivity contribution in [3.05, 3.63) is 0 Å². The molecule has 0 spiro atoms. The third-order valence-electron chi connectivity index (χ3n) is 6.58. The van der Waals surface area contributed by atoms with Crippen molar-refractivity contribution in [3.8, 4) is 0 Å². The Labute approximate surface area is 212 Å². The van der Waals surface area contributed by atoms with Crippen molar-refractivity contribution in [2.75, 3.05) is 13.2 Å². The standard InChI is InChI=1S/C9H19BO2.2C8H17BO2/c1-7(2)10-11-8(3)6-9(4,5)12-10;1-7(2)9-10-5-8(3,4)6-11-9;1-6-9-10-7(2,3)8(4,5)11-9/h7-8H,6H2,1-5H3;7H,5-6H2,1-4H3;6H2,1-5H3. The van der Waals surface area contributed by atoms with E-state index >= 15 is 0 Å². The Morgan fingerprint density at radius 2 is 1.18 bits per heavy atom. The molecule has 3 heterocycles. The molecule has 3 saturated heterocycles. The predicted octanol–water partition coefficient (Wildman–Crippen LogP) is 6.54. The molecule has 9 heteroatoms. The Bertz CT molecular complexity index is 583. The fourth-order valence-electron chi connectivity index (χ4n) is 3.87. The van der Waals surface area contributed by atoms with E-state index < -0.39 is 0 Å². The van der Waals surface area contributed by atoms with Crippen molar-refractivity contribution in [1.82, 2.24) is 0 Å². The van der Waals surface area contributed by atoms with Crippen molar-refractivity contribution in [3.63, 3.8) is 0 Å². The van der Waals surface area contributed by atoms with E-state index in [2.05, 4.69) is 96.9 Å². The van der Waals surface area contributed by atoms with Gasteiger partial charge >= 0.3 is 21.4 Å². The summed E-state index contributed by atoms with van der Waals surface area (Å²) in [6, 6.07) is 0. The van der Waals surface area contributed by atoms with Crippen LogP contribution in [-0.2, 0) is 27.9 Å². The molecule has 3 rings (SSSR count). The van der Waals surface area contributed by atoms with Gasteiger partial charge in [0.2, 0.25) is 0 Å². The summed E-state index contributed by atoms with van der Waals surface area (Å²) < 4.78 is 33.9. The van der Waals surface area contributed by atoms with Crippen molar-refractivity contribution in [2.24, 2.45) is 5.41 Å². The van der Waals surface area contributed by atoms with Gasteiger partial charge in [0.15, 0.2) is 0 Å². The van der Waals surface area contributed by atoms with Crippen LogP contribution in [0.2, 0.25) is 18.0 Å². The summed E-state index contributed by atoms with van der Waals surface area (Å²) in [6.07, 6.45) is 2.23. The molecule has 3 aliphatic heterocycles.